The molecule has 1 fully saturated rings. The number of amides is 3. The summed E-state index contributed by atoms with van der Waals surface area (Å²) in [5.74, 6) is -1.61. The summed E-state index contributed by atoms with van der Waals surface area (Å²) in [6.45, 7) is 4.91. The molecule has 1 aliphatic rings. The molecule has 7 nitrogen and oxygen atoms in total. The van der Waals surface area contributed by atoms with E-state index in [0.29, 0.717) is 29.9 Å². The third kappa shape index (κ3) is 4.08. The summed E-state index contributed by atoms with van der Waals surface area (Å²) in [7, 11) is 0. The van der Waals surface area contributed by atoms with Crippen molar-refractivity contribution in [1.82, 2.24) is 10.6 Å². The molecule has 1 atom stereocenters. The molecule has 0 aliphatic carbocycles. The van der Waals surface area contributed by atoms with Gasteiger partial charge in [0.15, 0.2) is 6.04 Å². The second kappa shape index (κ2) is 7.49. The highest BCUT2D eigenvalue weighted by Crippen LogP contribution is 2.20. The van der Waals surface area contributed by atoms with Crippen LogP contribution in [-0.4, -0.2) is 36.1 Å². The molecule has 2 aromatic carbocycles. The van der Waals surface area contributed by atoms with E-state index in [9.17, 15) is 19.5 Å². The Morgan fingerprint density at radius 2 is 1.74 bits per heavy atom. The van der Waals surface area contributed by atoms with Crippen LogP contribution in [0.5, 0.6) is 0 Å². The van der Waals surface area contributed by atoms with Crippen LogP contribution in [0.1, 0.15) is 33.1 Å². The van der Waals surface area contributed by atoms with Gasteiger partial charge in [0.2, 0.25) is 0 Å². The minimum atomic E-state index is -1.14. The Morgan fingerprint density at radius 1 is 1.11 bits per heavy atom. The Kier molecular flexibility index (Phi) is 5.12. The molecule has 3 rings (SSSR count). The Morgan fingerprint density at radius 3 is 2.26 bits per heavy atom. The normalized spacial score (nSPS) is 14.6. The highest BCUT2D eigenvalue weighted by atomic mass is 16.4. The van der Waals surface area contributed by atoms with Crippen LogP contribution >= 0.6 is 0 Å². The van der Waals surface area contributed by atoms with Crippen LogP contribution in [0, 0.1) is 13.8 Å². The Labute approximate surface area is 157 Å². The van der Waals surface area contributed by atoms with E-state index in [1.54, 1.807) is 41.3 Å². The average Bonchev–Trinajstić information content (AvgIpc) is 3.04. The molecule has 140 valence electrons. The van der Waals surface area contributed by atoms with Gasteiger partial charge in [0.1, 0.15) is 0 Å². The largest absolute Gasteiger partial charge is 0.479 e. The molecular formula is C20H21N3O4. The lowest BCUT2D eigenvalue weighted by Crippen LogP contribution is -2.34. The van der Waals surface area contributed by atoms with E-state index in [-0.39, 0.29) is 6.03 Å². The topological polar surface area (TPSA) is 98.7 Å². The molecular weight excluding hydrogens is 346 g/mol. The van der Waals surface area contributed by atoms with Gasteiger partial charge in [0.25, 0.3) is 5.91 Å². The van der Waals surface area contributed by atoms with Gasteiger partial charge in [-0.1, -0.05) is 29.3 Å². The number of hydrogen-bond acceptors (Lipinski definition) is 3. The SMILES string of the molecule is Cc1cc(C)cc(C(NC(=O)c2ccc(N3CCNC3=O)cc2)C(=O)O)c1. The standard InChI is InChI=1S/C20H21N3O4/c1-12-9-13(2)11-15(10-12)17(19(25)26)22-18(24)14-3-5-16(6-4-14)23-8-7-21-20(23)27/h3-6,9-11,17H,7-8H2,1-2H3,(H,21,27)(H,22,24)(H,25,26). The fourth-order valence-corrected chi connectivity index (χ4v) is 3.19. The van der Waals surface area contributed by atoms with Crippen molar-refractivity contribution < 1.29 is 19.5 Å². The molecule has 0 radical (unpaired) electrons. The predicted molar refractivity (Wildman–Crippen MR) is 101 cm³/mol. The molecule has 3 amide bonds. The summed E-state index contributed by atoms with van der Waals surface area (Å²) in [5.41, 5.74) is 3.40. The Bertz CT molecular complexity index is 872. The summed E-state index contributed by atoms with van der Waals surface area (Å²) in [6, 6.07) is 10.6. The van der Waals surface area contributed by atoms with Crippen LogP contribution in [-0.2, 0) is 4.79 Å². The summed E-state index contributed by atoms with van der Waals surface area (Å²) >= 11 is 0. The fraction of sp³-hybridized carbons (Fsp3) is 0.250. The maximum absolute atomic E-state index is 12.5. The molecule has 3 N–H and O–H groups in total. The van der Waals surface area contributed by atoms with E-state index in [1.807, 2.05) is 19.9 Å². The lowest BCUT2D eigenvalue weighted by atomic mass is 10.0. The average molecular weight is 367 g/mol. The van der Waals surface area contributed by atoms with Crippen molar-refractivity contribution in [2.45, 2.75) is 19.9 Å². The van der Waals surface area contributed by atoms with Gasteiger partial charge in [-0.2, -0.15) is 0 Å². The fourth-order valence-electron chi connectivity index (χ4n) is 3.19. The van der Waals surface area contributed by atoms with Crippen molar-refractivity contribution >= 4 is 23.6 Å². The molecule has 7 heteroatoms. The van der Waals surface area contributed by atoms with Crippen LogP contribution in [0.25, 0.3) is 0 Å². The number of carbonyl (C=O) groups excluding carboxylic acids is 2. The van der Waals surface area contributed by atoms with Gasteiger partial charge in [-0.25, -0.2) is 9.59 Å². The number of aliphatic carboxylic acids is 1. The van der Waals surface area contributed by atoms with E-state index < -0.39 is 17.9 Å². The maximum atomic E-state index is 12.5. The molecule has 0 spiro atoms. The van der Waals surface area contributed by atoms with Crippen molar-refractivity contribution in [3.05, 3.63) is 64.7 Å². The number of urea groups is 1. The van der Waals surface area contributed by atoms with Crippen LogP contribution < -0.4 is 15.5 Å². The lowest BCUT2D eigenvalue weighted by Gasteiger charge is -2.17. The van der Waals surface area contributed by atoms with E-state index in [1.165, 1.54) is 0 Å². The number of benzene rings is 2. The maximum Gasteiger partial charge on any atom is 0.330 e. The zero-order valence-electron chi connectivity index (χ0n) is 15.2. The second-order valence-corrected chi connectivity index (χ2v) is 6.60. The first-order valence-electron chi connectivity index (χ1n) is 8.62. The third-order valence-corrected chi connectivity index (χ3v) is 4.40. The number of hydrogen-bond donors (Lipinski definition) is 3. The van der Waals surface area contributed by atoms with Crippen LogP contribution in [0.3, 0.4) is 0 Å². The predicted octanol–water partition coefficient (Wildman–Crippen LogP) is 2.39. The van der Waals surface area contributed by atoms with Crippen molar-refractivity contribution in [1.29, 1.82) is 0 Å². The molecule has 1 heterocycles. The molecule has 1 saturated heterocycles. The molecule has 0 saturated carbocycles. The number of carboxylic acid groups (broad SMARTS) is 1. The first-order valence-corrected chi connectivity index (χ1v) is 8.62. The van der Waals surface area contributed by atoms with Gasteiger partial charge < -0.3 is 15.7 Å². The molecule has 27 heavy (non-hydrogen) atoms. The lowest BCUT2D eigenvalue weighted by molar-refractivity contribution is -0.139. The minimum absolute atomic E-state index is 0.173. The van der Waals surface area contributed by atoms with Crippen molar-refractivity contribution in [3.63, 3.8) is 0 Å². The van der Waals surface area contributed by atoms with E-state index >= 15 is 0 Å². The monoisotopic (exact) mass is 367 g/mol. The van der Waals surface area contributed by atoms with Crippen molar-refractivity contribution in [3.8, 4) is 0 Å². The highest BCUT2D eigenvalue weighted by molar-refractivity contribution is 5.98. The first kappa shape index (κ1) is 18.4. The van der Waals surface area contributed by atoms with Gasteiger partial charge in [-0.3, -0.25) is 9.69 Å². The molecule has 0 aromatic heterocycles. The van der Waals surface area contributed by atoms with E-state index in [2.05, 4.69) is 10.6 Å². The van der Waals surface area contributed by atoms with Crippen LogP contribution in [0.4, 0.5) is 10.5 Å². The first-order chi connectivity index (χ1) is 12.8. The third-order valence-electron chi connectivity index (χ3n) is 4.40. The molecule has 2 aromatic rings. The number of aryl methyl sites for hydroxylation is 2. The quantitative estimate of drug-likeness (QED) is 0.756. The summed E-state index contributed by atoms with van der Waals surface area (Å²) < 4.78 is 0. The number of nitrogens with zero attached hydrogens (tertiary/aromatic N) is 1. The Hall–Kier alpha value is -3.35. The molecule has 0 bridgehead atoms. The smallest absolute Gasteiger partial charge is 0.330 e. The number of nitrogens with one attached hydrogen (secondary N) is 2. The zero-order chi connectivity index (χ0) is 19.6. The van der Waals surface area contributed by atoms with Gasteiger partial charge in [0.05, 0.1) is 0 Å². The van der Waals surface area contributed by atoms with Gasteiger partial charge in [-0.05, 0) is 43.7 Å². The highest BCUT2D eigenvalue weighted by Gasteiger charge is 2.24. The number of rotatable bonds is 5. The molecule has 1 aliphatic heterocycles. The van der Waals surface area contributed by atoms with Crippen molar-refractivity contribution in [2.24, 2.45) is 0 Å². The van der Waals surface area contributed by atoms with Crippen molar-refractivity contribution in [2.75, 3.05) is 18.0 Å². The summed E-state index contributed by atoms with van der Waals surface area (Å²) in [6.07, 6.45) is 0. The van der Waals surface area contributed by atoms with Crippen LogP contribution in [0.15, 0.2) is 42.5 Å². The van der Waals surface area contributed by atoms with Gasteiger partial charge >= 0.3 is 12.0 Å². The van der Waals surface area contributed by atoms with Gasteiger partial charge in [0, 0.05) is 24.3 Å². The molecule has 1 unspecified atom stereocenters. The van der Waals surface area contributed by atoms with Gasteiger partial charge in [-0.15, -0.1) is 0 Å². The minimum Gasteiger partial charge on any atom is -0.479 e. The zero-order valence-corrected chi connectivity index (χ0v) is 15.2. The van der Waals surface area contributed by atoms with E-state index in [0.717, 1.165) is 11.1 Å². The summed E-state index contributed by atoms with van der Waals surface area (Å²) in [4.78, 5) is 37.5. The number of carbonyl (C=O) groups is 3. The van der Waals surface area contributed by atoms with E-state index in [4.69, 9.17) is 0 Å². The Balaban J connectivity index is 1.78. The number of carboxylic acids is 1. The number of anilines is 1. The second-order valence-electron chi connectivity index (χ2n) is 6.60. The van der Waals surface area contributed by atoms with Crippen LogP contribution in [0.2, 0.25) is 0 Å². The summed E-state index contributed by atoms with van der Waals surface area (Å²) in [5, 5.41) is 14.8.